The number of tetrazole rings is 1. The first-order chi connectivity index (χ1) is 13.1. The molecule has 0 N–H and O–H groups in total. The highest BCUT2D eigenvalue weighted by molar-refractivity contribution is 5.94. The Hall–Kier alpha value is -3.04. The third kappa shape index (κ3) is 3.22. The zero-order chi connectivity index (χ0) is 19.0. The minimum absolute atomic E-state index is 0.00541. The van der Waals surface area contributed by atoms with E-state index in [1.54, 1.807) is 29.9 Å². The minimum Gasteiger partial charge on any atom is -0.339 e. The van der Waals surface area contributed by atoms with Crippen molar-refractivity contribution in [3.8, 4) is 0 Å². The van der Waals surface area contributed by atoms with E-state index in [9.17, 15) is 9.59 Å². The molecule has 1 saturated heterocycles. The normalized spacial score (nSPS) is 15.6. The Morgan fingerprint density at radius 2 is 2.04 bits per heavy atom. The average Bonchev–Trinajstić information content (AvgIpc) is 3.25. The number of carbonyl (C=O) groups is 1. The number of likely N-dealkylation sites (tertiary alicyclic amines) is 1. The number of piperidine rings is 1. The zero-order valence-corrected chi connectivity index (χ0v) is 15.4. The smallest absolute Gasteiger partial charge is 0.339 e. The second-order valence-corrected chi connectivity index (χ2v) is 6.91. The second kappa shape index (κ2) is 6.93. The highest BCUT2D eigenvalue weighted by atomic mass is 16.2. The first-order valence-electron chi connectivity index (χ1n) is 9.16. The Morgan fingerprint density at radius 3 is 2.78 bits per heavy atom. The highest BCUT2D eigenvalue weighted by Gasteiger charge is 2.25. The summed E-state index contributed by atoms with van der Waals surface area (Å²) in [6.07, 6.45) is 4.22. The van der Waals surface area contributed by atoms with E-state index >= 15 is 0 Å². The summed E-state index contributed by atoms with van der Waals surface area (Å²) >= 11 is 0. The molecular weight excluding hydrogens is 348 g/mol. The molecule has 3 aromatic heterocycles. The summed E-state index contributed by atoms with van der Waals surface area (Å²) in [6, 6.07) is 3.50. The van der Waals surface area contributed by atoms with Gasteiger partial charge >= 0.3 is 5.69 Å². The third-order valence-corrected chi connectivity index (χ3v) is 5.21. The molecule has 0 aliphatic carbocycles. The number of pyridine rings is 1. The largest absolute Gasteiger partial charge is 0.345 e. The zero-order valence-electron chi connectivity index (χ0n) is 15.4. The van der Waals surface area contributed by atoms with Gasteiger partial charge in [-0.1, -0.05) is 0 Å². The van der Waals surface area contributed by atoms with E-state index in [2.05, 4.69) is 20.6 Å². The van der Waals surface area contributed by atoms with Crippen LogP contribution in [0.2, 0.25) is 0 Å². The molecule has 1 aliphatic heterocycles. The minimum atomic E-state index is -0.0712. The molecule has 0 radical (unpaired) electrons. The molecule has 0 unspecified atom stereocenters. The molecule has 1 aliphatic rings. The van der Waals surface area contributed by atoms with Crippen LogP contribution in [0.15, 0.2) is 23.1 Å². The fourth-order valence-electron chi connectivity index (χ4n) is 3.67. The molecule has 3 aromatic rings. The number of aryl methyl sites for hydroxylation is 1. The number of fused-ring (bicyclic) bond motifs is 1. The summed E-state index contributed by atoms with van der Waals surface area (Å²) in [7, 11) is 1.68. The van der Waals surface area contributed by atoms with Crippen LogP contribution in [-0.2, 0) is 20.0 Å². The van der Waals surface area contributed by atoms with Crippen LogP contribution in [0.3, 0.4) is 0 Å². The Balaban J connectivity index is 1.40. The molecular formula is C17H22N8O2. The predicted molar refractivity (Wildman–Crippen MR) is 96.3 cm³/mol. The molecule has 0 saturated carbocycles. The summed E-state index contributed by atoms with van der Waals surface area (Å²) in [5, 5.41) is 15.6. The van der Waals surface area contributed by atoms with Crippen molar-refractivity contribution in [1.29, 1.82) is 0 Å². The van der Waals surface area contributed by atoms with Crippen LogP contribution >= 0.6 is 0 Å². The number of hydrogen-bond donors (Lipinski definition) is 0. The van der Waals surface area contributed by atoms with Crippen molar-refractivity contribution < 1.29 is 4.79 Å². The maximum absolute atomic E-state index is 12.8. The van der Waals surface area contributed by atoms with Crippen LogP contribution in [0, 0.1) is 5.92 Å². The molecule has 0 bridgehead atoms. The number of carbonyl (C=O) groups excluding carboxylic acids is 1. The number of rotatable bonds is 4. The number of amides is 1. The quantitative estimate of drug-likeness (QED) is 0.647. The van der Waals surface area contributed by atoms with Crippen LogP contribution in [-0.4, -0.2) is 58.3 Å². The van der Waals surface area contributed by atoms with Gasteiger partial charge in [0.15, 0.2) is 5.65 Å². The van der Waals surface area contributed by atoms with Crippen molar-refractivity contribution >= 4 is 11.6 Å². The molecule has 0 spiro atoms. The standard InChI is InChI=1S/C17H22N8O2/c1-3-24-15(19-22(2)17(24)27)10-12-6-8-23(9-7-12)16(26)13-4-5-14-18-20-21-25(14)11-13/h4-5,11-12H,3,6-10H2,1-2H3. The predicted octanol–water partition coefficient (Wildman–Crippen LogP) is 0.134. The molecule has 10 nitrogen and oxygen atoms in total. The van der Waals surface area contributed by atoms with Gasteiger partial charge in [0.25, 0.3) is 5.91 Å². The van der Waals surface area contributed by atoms with Crippen LogP contribution in [0.5, 0.6) is 0 Å². The van der Waals surface area contributed by atoms with Gasteiger partial charge in [0, 0.05) is 39.3 Å². The van der Waals surface area contributed by atoms with E-state index in [4.69, 9.17) is 0 Å². The van der Waals surface area contributed by atoms with Gasteiger partial charge in [0.05, 0.1) is 5.56 Å². The first-order valence-corrected chi connectivity index (χ1v) is 9.16. The van der Waals surface area contributed by atoms with Gasteiger partial charge in [-0.15, -0.1) is 5.10 Å². The molecule has 0 atom stereocenters. The van der Waals surface area contributed by atoms with E-state index in [0.29, 0.717) is 36.8 Å². The van der Waals surface area contributed by atoms with Crippen LogP contribution in [0.25, 0.3) is 5.65 Å². The lowest BCUT2D eigenvalue weighted by molar-refractivity contribution is 0.0689. The van der Waals surface area contributed by atoms with E-state index in [0.717, 1.165) is 25.1 Å². The lowest BCUT2D eigenvalue weighted by atomic mass is 9.93. The topological polar surface area (TPSA) is 103 Å². The fraction of sp³-hybridized carbons (Fsp3) is 0.529. The Labute approximate surface area is 155 Å². The van der Waals surface area contributed by atoms with Gasteiger partial charge in [-0.25, -0.2) is 9.48 Å². The van der Waals surface area contributed by atoms with Crippen LogP contribution in [0.4, 0.5) is 0 Å². The monoisotopic (exact) mass is 370 g/mol. The van der Waals surface area contributed by atoms with Crippen molar-refractivity contribution in [2.75, 3.05) is 13.1 Å². The van der Waals surface area contributed by atoms with Crippen molar-refractivity contribution in [2.24, 2.45) is 13.0 Å². The molecule has 1 amide bonds. The Bertz CT molecular complexity index is 1030. The van der Waals surface area contributed by atoms with Crippen molar-refractivity contribution in [3.63, 3.8) is 0 Å². The van der Waals surface area contributed by atoms with Gasteiger partial charge < -0.3 is 4.90 Å². The fourth-order valence-corrected chi connectivity index (χ4v) is 3.67. The van der Waals surface area contributed by atoms with Gasteiger partial charge in [0.2, 0.25) is 0 Å². The summed E-state index contributed by atoms with van der Waals surface area (Å²) in [5.74, 6) is 1.25. The summed E-state index contributed by atoms with van der Waals surface area (Å²) in [5.41, 5.74) is 1.12. The van der Waals surface area contributed by atoms with Gasteiger partial charge in [-0.05, 0) is 48.2 Å². The maximum Gasteiger partial charge on any atom is 0.345 e. The number of aromatic nitrogens is 7. The average molecular weight is 370 g/mol. The molecule has 142 valence electrons. The van der Waals surface area contributed by atoms with Crippen molar-refractivity contribution in [2.45, 2.75) is 32.7 Å². The van der Waals surface area contributed by atoms with Gasteiger partial charge in [0.1, 0.15) is 5.82 Å². The van der Waals surface area contributed by atoms with E-state index < -0.39 is 0 Å². The Kier molecular flexibility index (Phi) is 4.46. The summed E-state index contributed by atoms with van der Waals surface area (Å²) in [6.45, 7) is 3.97. The van der Waals surface area contributed by atoms with E-state index in [-0.39, 0.29) is 11.6 Å². The lowest BCUT2D eigenvalue weighted by Crippen LogP contribution is -2.39. The lowest BCUT2D eigenvalue weighted by Gasteiger charge is -2.31. The SMILES string of the molecule is CCn1c(CC2CCN(C(=O)c3ccc4nnnn4c3)CC2)nn(C)c1=O. The summed E-state index contributed by atoms with van der Waals surface area (Å²) < 4.78 is 4.62. The van der Waals surface area contributed by atoms with Crippen molar-refractivity contribution in [3.05, 3.63) is 40.2 Å². The van der Waals surface area contributed by atoms with Crippen LogP contribution < -0.4 is 5.69 Å². The van der Waals surface area contributed by atoms with Crippen LogP contribution in [0.1, 0.15) is 35.9 Å². The first kappa shape index (κ1) is 17.4. The molecule has 0 aromatic carbocycles. The number of hydrogen-bond acceptors (Lipinski definition) is 6. The van der Waals surface area contributed by atoms with Gasteiger partial charge in [-0.2, -0.15) is 9.61 Å². The molecule has 1 fully saturated rings. The Morgan fingerprint density at radius 1 is 1.26 bits per heavy atom. The summed E-state index contributed by atoms with van der Waals surface area (Å²) in [4.78, 5) is 26.7. The maximum atomic E-state index is 12.8. The highest BCUT2D eigenvalue weighted by Crippen LogP contribution is 2.22. The molecule has 4 rings (SSSR count). The van der Waals surface area contributed by atoms with Gasteiger partial charge in [-0.3, -0.25) is 9.36 Å². The molecule has 27 heavy (non-hydrogen) atoms. The van der Waals surface area contributed by atoms with E-state index in [1.807, 2.05) is 11.8 Å². The molecule has 10 heteroatoms. The molecule has 4 heterocycles. The van der Waals surface area contributed by atoms with E-state index in [1.165, 1.54) is 9.20 Å². The second-order valence-electron chi connectivity index (χ2n) is 6.91. The third-order valence-electron chi connectivity index (χ3n) is 5.21. The van der Waals surface area contributed by atoms with Crippen molar-refractivity contribution in [1.82, 2.24) is 39.3 Å². The number of nitrogens with zero attached hydrogens (tertiary/aromatic N) is 8.